The molecule has 31 heavy (non-hydrogen) atoms. The molecule has 4 N–H and O–H groups in total. The van der Waals surface area contributed by atoms with E-state index in [-0.39, 0.29) is 58.1 Å². The van der Waals surface area contributed by atoms with Gasteiger partial charge in [0.2, 0.25) is 0 Å². The van der Waals surface area contributed by atoms with Crippen LogP contribution in [0.3, 0.4) is 0 Å². The molecule has 0 bridgehead atoms. The molecule has 2 aromatic carbocycles. The summed E-state index contributed by atoms with van der Waals surface area (Å²) < 4.78 is 69.7. The summed E-state index contributed by atoms with van der Waals surface area (Å²) in [5, 5.41) is 15.9. The van der Waals surface area contributed by atoms with Gasteiger partial charge in [-0.05, 0) is 24.3 Å². The number of nitro benzene ring substituents is 1. The minimum absolute atomic E-state index is 0. The Morgan fingerprint density at radius 3 is 2.32 bits per heavy atom. The van der Waals surface area contributed by atoms with E-state index in [2.05, 4.69) is 16.1 Å². The molecule has 0 radical (unpaired) electrons. The average molecular weight is 482 g/mol. The third kappa shape index (κ3) is 5.24. The molecular weight excluding hydrogens is 469 g/mol. The predicted octanol–water partition coefficient (Wildman–Crippen LogP) is -2.71. The number of ether oxygens (including phenoxy) is 1. The van der Waals surface area contributed by atoms with Gasteiger partial charge >= 0.3 is 29.6 Å². The Morgan fingerprint density at radius 1 is 1.10 bits per heavy atom. The molecule has 1 heterocycles. The van der Waals surface area contributed by atoms with E-state index in [1.807, 2.05) is 0 Å². The first-order chi connectivity index (χ1) is 13.9. The van der Waals surface area contributed by atoms with Crippen molar-refractivity contribution in [3.05, 3.63) is 52.1 Å². The number of hydrazone groups is 1. The van der Waals surface area contributed by atoms with E-state index < -0.39 is 35.0 Å². The maximum atomic E-state index is 11.7. The van der Waals surface area contributed by atoms with Gasteiger partial charge in [-0.25, -0.2) is 0 Å². The molecule has 0 atom stereocenters. The van der Waals surface area contributed by atoms with Gasteiger partial charge in [0.1, 0.15) is 10.6 Å². The van der Waals surface area contributed by atoms with Gasteiger partial charge in [0.25, 0.3) is 25.9 Å². The average Bonchev–Trinajstić information content (AvgIpc) is 3.15. The Hall–Kier alpha value is -2.47. The van der Waals surface area contributed by atoms with Crippen LogP contribution in [0.5, 0.6) is 5.75 Å². The monoisotopic (exact) mass is 482 g/mol. The van der Waals surface area contributed by atoms with Crippen LogP contribution in [0.1, 0.15) is 5.56 Å². The number of hydrazine groups is 2. The molecule has 0 unspecified atom stereocenters. The summed E-state index contributed by atoms with van der Waals surface area (Å²) in [5.41, 5.74) is 4.93. The SMILES string of the molecule is COc1cc([N+](=O)[O-])ccc1N1NN=C(c2ccc(S(=O)(=O)O)cc2S(=O)(=O)O)N1.[Na+]. The molecule has 0 saturated heterocycles. The summed E-state index contributed by atoms with van der Waals surface area (Å²) in [5.74, 6) is -0.0673. The van der Waals surface area contributed by atoms with Gasteiger partial charge < -0.3 is 4.74 Å². The maximum absolute atomic E-state index is 11.7. The number of non-ortho nitro benzene ring substituents is 1. The molecule has 0 aliphatic carbocycles. The van der Waals surface area contributed by atoms with Gasteiger partial charge in [0.15, 0.2) is 11.6 Å². The van der Waals surface area contributed by atoms with E-state index in [9.17, 15) is 31.5 Å². The van der Waals surface area contributed by atoms with Crippen molar-refractivity contribution in [2.75, 3.05) is 12.2 Å². The summed E-state index contributed by atoms with van der Waals surface area (Å²) in [6.07, 6.45) is 0. The second kappa shape index (κ2) is 8.95. The van der Waals surface area contributed by atoms with Gasteiger partial charge in [0.05, 0.1) is 23.0 Å². The minimum Gasteiger partial charge on any atom is -0.494 e. The molecule has 0 amide bonds. The summed E-state index contributed by atoms with van der Waals surface area (Å²) in [6, 6.07) is 6.18. The van der Waals surface area contributed by atoms with E-state index in [4.69, 9.17) is 9.29 Å². The minimum atomic E-state index is -4.91. The van der Waals surface area contributed by atoms with Gasteiger partial charge in [-0.1, -0.05) is 0 Å². The molecule has 14 nitrogen and oxygen atoms in total. The summed E-state index contributed by atoms with van der Waals surface area (Å²) >= 11 is 0. The van der Waals surface area contributed by atoms with E-state index in [0.29, 0.717) is 6.07 Å². The number of methoxy groups -OCH3 is 1. The first-order valence-corrected chi connectivity index (χ1v) is 10.6. The van der Waals surface area contributed by atoms with Gasteiger partial charge in [-0.15, -0.1) is 5.10 Å². The molecule has 1 aliphatic rings. The third-order valence-electron chi connectivity index (χ3n) is 3.88. The van der Waals surface area contributed by atoms with Crippen molar-refractivity contribution in [3.63, 3.8) is 0 Å². The fourth-order valence-corrected chi connectivity index (χ4v) is 3.83. The number of benzene rings is 2. The number of nitro groups is 1. The standard InChI is InChI=1S/C14H13N5O9S2.Na/c1-28-12-6-8(19(20)21)2-5-11(12)18-16-14(15-17-18)10-4-3-9(29(22,23)24)7-13(10)30(25,26)27;/h2-7,17H,1H3,(H,15,16)(H,22,23,24)(H,25,26,27);/q;+1. The molecule has 160 valence electrons. The van der Waals surface area contributed by atoms with Crippen molar-refractivity contribution in [2.24, 2.45) is 5.10 Å². The van der Waals surface area contributed by atoms with Gasteiger partial charge in [-0.3, -0.25) is 24.6 Å². The normalized spacial score (nSPS) is 13.5. The van der Waals surface area contributed by atoms with Crippen LogP contribution in [0.15, 0.2) is 51.3 Å². The quantitative estimate of drug-likeness (QED) is 0.144. The van der Waals surface area contributed by atoms with E-state index in [1.165, 1.54) is 19.2 Å². The van der Waals surface area contributed by atoms with Crippen LogP contribution < -0.4 is 50.4 Å². The van der Waals surface area contributed by atoms with Gasteiger partial charge in [-0.2, -0.15) is 27.5 Å². The fourth-order valence-electron chi connectivity index (χ4n) is 2.53. The molecule has 17 heteroatoms. The van der Waals surface area contributed by atoms with Crippen LogP contribution in [0, 0.1) is 10.1 Å². The van der Waals surface area contributed by atoms with Crippen LogP contribution in [-0.2, 0) is 20.2 Å². The van der Waals surface area contributed by atoms with E-state index in [0.717, 1.165) is 23.3 Å². The number of rotatable bonds is 6. The Bertz CT molecular complexity index is 1280. The molecular formula is C14H13N5NaO9S2+. The first-order valence-electron chi connectivity index (χ1n) is 7.74. The third-order valence-corrected chi connectivity index (χ3v) is 5.62. The van der Waals surface area contributed by atoms with Gasteiger partial charge in [0, 0.05) is 11.6 Å². The summed E-state index contributed by atoms with van der Waals surface area (Å²) in [6.45, 7) is 0. The van der Waals surface area contributed by atoms with E-state index in [1.54, 1.807) is 0 Å². The zero-order valence-corrected chi connectivity index (χ0v) is 19.5. The summed E-state index contributed by atoms with van der Waals surface area (Å²) in [7, 11) is -8.36. The van der Waals surface area contributed by atoms with Crippen molar-refractivity contribution in [1.29, 1.82) is 0 Å². The second-order valence-electron chi connectivity index (χ2n) is 5.73. The molecule has 3 rings (SSSR count). The zero-order valence-electron chi connectivity index (χ0n) is 15.9. The summed E-state index contributed by atoms with van der Waals surface area (Å²) in [4.78, 5) is 8.71. The molecule has 0 saturated carbocycles. The zero-order chi connectivity index (χ0) is 22.3. The van der Waals surface area contributed by atoms with Crippen molar-refractivity contribution < 1.29 is 65.2 Å². The van der Waals surface area contributed by atoms with Crippen LogP contribution in [0.4, 0.5) is 11.4 Å². The number of nitrogens with zero attached hydrogens (tertiary/aromatic N) is 3. The molecule has 0 spiro atoms. The van der Waals surface area contributed by atoms with Crippen molar-refractivity contribution in [1.82, 2.24) is 11.0 Å². The molecule has 0 aromatic heterocycles. The fraction of sp³-hybridized carbons (Fsp3) is 0.0714. The Balaban J connectivity index is 0.00000341. The number of hydrogen-bond acceptors (Lipinski definition) is 11. The maximum Gasteiger partial charge on any atom is 1.00 e. The van der Waals surface area contributed by atoms with Crippen molar-refractivity contribution in [2.45, 2.75) is 9.79 Å². The van der Waals surface area contributed by atoms with Crippen molar-refractivity contribution in [3.8, 4) is 5.75 Å². The van der Waals surface area contributed by atoms with Crippen molar-refractivity contribution >= 4 is 37.4 Å². The Labute approximate surface area is 197 Å². The topological polar surface area (TPSA) is 201 Å². The van der Waals surface area contributed by atoms with Crippen LogP contribution in [-0.4, -0.2) is 43.8 Å². The van der Waals surface area contributed by atoms with Crippen LogP contribution in [0.25, 0.3) is 0 Å². The number of hydrogen-bond donors (Lipinski definition) is 4. The first kappa shape index (κ1) is 24.8. The molecule has 1 aliphatic heterocycles. The molecule has 0 fully saturated rings. The number of anilines is 1. The second-order valence-corrected chi connectivity index (χ2v) is 8.54. The number of nitrogens with one attached hydrogen (secondary N) is 2. The van der Waals surface area contributed by atoms with Crippen LogP contribution >= 0.6 is 0 Å². The van der Waals surface area contributed by atoms with Crippen LogP contribution in [0.2, 0.25) is 0 Å². The Kier molecular flexibility index (Phi) is 7.16. The smallest absolute Gasteiger partial charge is 0.494 e. The molecule has 2 aromatic rings. The van der Waals surface area contributed by atoms with E-state index >= 15 is 0 Å². The predicted molar refractivity (Wildman–Crippen MR) is 101 cm³/mol. The largest absolute Gasteiger partial charge is 1.00 e. The number of amidine groups is 1. The Morgan fingerprint density at radius 2 is 1.77 bits per heavy atom.